The van der Waals surface area contributed by atoms with Crippen molar-refractivity contribution < 1.29 is 19.6 Å². The number of carboxylic acid groups (broad SMARTS) is 1. The lowest BCUT2D eigenvalue weighted by Crippen LogP contribution is -2.48. The van der Waals surface area contributed by atoms with E-state index in [4.69, 9.17) is 0 Å². The van der Waals surface area contributed by atoms with Gasteiger partial charge < -0.3 is 15.7 Å². The van der Waals surface area contributed by atoms with Gasteiger partial charge in [0, 0.05) is 18.4 Å². The number of aliphatic carboxylic acids is 1. The molecule has 28 heavy (non-hydrogen) atoms. The van der Waals surface area contributed by atoms with Gasteiger partial charge in [-0.05, 0) is 19.1 Å². The first-order valence-corrected chi connectivity index (χ1v) is 8.52. The molecule has 0 bridgehead atoms. The average molecular weight is 382 g/mol. The fraction of sp³-hybridized carbons (Fsp3) is 0.211. The minimum atomic E-state index is -1.21. The van der Waals surface area contributed by atoms with E-state index in [-0.39, 0.29) is 22.7 Å². The normalized spacial score (nSPS) is 13.1. The summed E-state index contributed by atoms with van der Waals surface area (Å²) in [5, 5.41) is 27.5. The summed E-state index contributed by atoms with van der Waals surface area (Å²) in [5.41, 5.74) is 1.04. The largest absolute Gasteiger partial charge is 0.480 e. The van der Waals surface area contributed by atoms with E-state index < -0.39 is 23.0 Å². The highest BCUT2D eigenvalue weighted by Crippen LogP contribution is 2.37. The molecule has 3 aromatic rings. The Morgan fingerprint density at radius 3 is 2.46 bits per heavy atom. The number of carbonyl (C=O) groups excluding carboxylic acids is 1. The van der Waals surface area contributed by atoms with Gasteiger partial charge in [-0.1, -0.05) is 24.3 Å². The van der Waals surface area contributed by atoms with Crippen molar-refractivity contribution in [3.8, 4) is 0 Å². The average Bonchev–Trinajstić information content (AvgIpc) is 2.63. The van der Waals surface area contributed by atoms with Crippen LogP contribution in [0.4, 0.5) is 11.4 Å². The molecule has 3 rings (SSSR count). The van der Waals surface area contributed by atoms with Gasteiger partial charge in [0.2, 0.25) is 5.91 Å². The van der Waals surface area contributed by atoms with Gasteiger partial charge in [0.1, 0.15) is 11.4 Å². The third-order valence-electron chi connectivity index (χ3n) is 4.38. The van der Waals surface area contributed by atoms with Crippen molar-refractivity contribution in [2.45, 2.75) is 25.9 Å². The third-order valence-corrected chi connectivity index (χ3v) is 4.38. The highest BCUT2D eigenvalue weighted by Gasteiger charge is 2.28. The Morgan fingerprint density at radius 2 is 1.82 bits per heavy atom. The van der Waals surface area contributed by atoms with E-state index in [1.807, 2.05) is 0 Å². The van der Waals surface area contributed by atoms with E-state index in [0.29, 0.717) is 16.4 Å². The maximum atomic E-state index is 11.9. The zero-order valence-corrected chi connectivity index (χ0v) is 15.2. The molecule has 0 spiro atoms. The molecule has 144 valence electrons. The summed E-state index contributed by atoms with van der Waals surface area (Å²) in [5.74, 6) is -1.58. The Balaban J connectivity index is 2.28. The number of anilines is 1. The number of rotatable bonds is 6. The van der Waals surface area contributed by atoms with Crippen molar-refractivity contribution in [2.24, 2.45) is 0 Å². The molecule has 9 nitrogen and oxygen atoms in total. The van der Waals surface area contributed by atoms with Crippen molar-refractivity contribution in [1.29, 1.82) is 0 Å². The SMILES string of the molecule is CC(=O)NC(C)C(Nc1c2ccccc2nc2cccc([N+](=O)[O-])c12)C(=O)O. The number of fused-ring (bicyclic) bond motifs is 2. The molecule has 2 aromatic carbocycles. The van der Waals surface area contributed by atoms with Crippen LogP contribution in [-0.4, -0.2) is 39.0 Å². The van der Waals surface area contributed by atoms with Crippen LogP contribution < -0.4 is 10.6 Å². The van der Waals surface area contributed by atoms with Crippen LogP contribution in [0.25, 0.3) is 21.8 Å². The maximum absolute atomic E-state index is 11.9. The number of non-ortho nitro benzene ring substituents is 1. The Hall–Kier alpha value is -3.75. The molecule has 0 saturated heterocycles. The lowest BCUT2D eigenvalue weighted by molar-refractivity contribution is -0.383. The van der Waals surface area contributed by atoms with Crippen molar-refractivity contribution in [3.63, 3.8) is 0 Å². The Labute approximate surface area is 159 Å². The number of nitro benzene ring substituents is 1. The van der Waals surface area contributed by atoms with Crippen LogP contribution in [-0.2, 0) is 9.59 Å². The van der Waals surface area contributed by atoms with Gasteiger partial charge >= 0.3 is 5.97 Å². The lowest BCUT2D eigenvalue weighted by atomic mass is 10.0. The van der Waals surface area contributed by atoms with Crippen LogP contribution in [0, 0.1) is 10.1 Å². The minimum Gasteiger partial charge on any atom is -0.480 e. The van der Waals surface area contributed by atoms with Crippen molar-refractivity contribution in [1.82, 2.24) is 10.3 Å². The second kappa shape index (κ2) is 7.47. The van der Waals surface area contributed by atoms with Crippen LogP contribution >= 0.6 is 0 Å². The van der Waals surface area contributed by atoms with Gasteiger partial charge in [-0.3, -0.25) is 14.9 Å². The van der Waals surface area contributed by atoms with E-state index in [1.54, 1.807) is 37.3 Å². The molecule has 0 aliphatic carbocycles. The number of benzene rings is 2. The Kier molecular flexibility index (Phi) is 5.08. The standard InChI is InChI=1S/C19H18N4O5/c1-10(20-11(2)24)17(19(25)26)22-18-12-6-3-4-7-13(12)21-14-8-5-9-15(16(14)18)23(27)28/h3-10,17H,1-2H3,(H,20,24)(H,21,22)(H,25,26). The van der Waals surface area contributed by atoms with Crippen molar-refractivity contribution >= 4 is 45.1 Å². The number of nitro groups is 1. The van der Waals surface area contributed by atoms with E-state index in [2.05, 4.69) is 15.6 Å². The molecule has 2 unspecified atom stereocenters. The highest BCUT2D eigenvalue weighted by molar-refractivity contribution is 6.11. The van der Waals surface area contributed by atoms with E-state index in [0.717, 1.165) is 0 Å². The fourth-order valence-corrected chi connectivity index (χ4v) is 3.19. The molecule has 0 radical (unpaired) electrons. The predicted molar refractivity (Wildman–Crippen MR) is 104 cm³/mol. The molecular formula is C19H18N4O5. The van der Waals surface area contributed by atoms with Crippen molar-refractivity contribution in [2.75, 3.05) is 5.32 Å². The first kappa shape index (κ1) is 19.0. The van der Waals surface area contributed by atoms with Gasteiger partial charge in [-0.25, -0.2) is 9.78 Å². The molecular weight excluding hydrogens is 364 g/mol. The third kappa shape index (κ3) is 3.54. The fourth-order valence-electron chi connectivity index (χ4n) is 3.19. The van der Waals surface area contributed by atoms with Gasteiger partial charge in [0.05, 0.1) is 27.7 Å². The smallest absolute Gasteiger partial charge is 0.328 e. The molecule has 3 N–H and O–H groups in total. The first-order valence-electron chi connectivity index (χ1n) is 8.52. The lowest BCUT2D eigenvalue weighted by Gasteiger charge is -2.24. The summed E-state index contributed by atoms with van der Waals surface area (Å²) in [6.07, 6.45) is 0. The number of hydrogen-bond acceptors (Lipinski definition) is 6. The molecule has 0 aliphatic rings. The molecule has 1 amide bonds. The predicted octanol–water partition coefficient (Wildman–Crippen LogP) is 2.69. The maximum Gasteiger partial charge on any atom is 0.328 e. The van der Waals surface area contributed by atoms with Crippen LogP contribution in [0.5, 0.6) is 0 Å². The Bertz CT molecular complexity index is 1100. The number of amides is 1. The number of carboxylic acids is 1. The van der Waals surface area contributed by atoms with Crippen LogP contribution in [0.2, 0.25) is 0 Å². The Morgan fingerprint density at radius 1 is 1.14 bits per heavy atom. The number of nitrogens with one attached hydrogen (secondary N) is 2. The van der Waals surface area contributed by atoms with E-state index in [1.165, 1.54) is 19.1 Å². The summed E-state index contributed by atoms with van der Waals surface area (Å²) in [6.45, 7) is 2.84. The molecule has 2 atom stereocenters. The number of para-hydroxylation sites is 1. The van der Waals surface area contributed by atoms with E-state index >= 15 is 0 Å². The summed E-state index contributed by atoms with van der Waals surface area (Å²) >= 11 is 0. The second-order valence-corrected chi connectivity index (χ2v) is 6.38. The number of carbonyl (C=O) groups is 2. The monoisotopic (exact) mass is 382 g/mol. The van der Waals surface area contributed by atoms with Crippen LogP contribution in [0.1, 0.15) is 13.8 Å². The zero-order valence-electron chi connectivity index (χ0n) is 15.2. The highest BCUT2D eigenvalue weighted by atomic mass is 16.6. The molecule has 0 aliphatic heterocycles. The minimum absolute atomic E-state index is 0.186. The van der Waals surface area contributed by atoms with Gasteiger partial charge in [-0.2, -0.15) is 0 Å². The topological polar surface area (TPSA) is 134 Å². The van der Waals surface area contributed by atoms with Crippen LogP contribution in [0.15, 0.2) is 42.5 Å². The summed E-state index contributed by atoms with van der Waals surface area (Å²) < 4.78 is 0. The number of pyridine rings is 1. The quantitative estimate of drug-likeness (QED) is 0.339. The van der Waals surface area contributed by atoms with Gasteiger partial charge in [-0.15, -0.1) is 0 Å². The zero-order chi connectivity index (χ0) is 20.4. The van der Waals surface area contributed by atoms with Crippen LogP contribution in [0.3, 0.4) is 0 Å². The molecule has 1 aromatic heterocycles. The summed E-state index contributed by atoms with van der Waals surface area (Å²) in [4.78, 5) is 38.7. The summed E-state index contributed by atoms with van der Waals surface area (Å²) in [7, 11) is 0. The second-order valence-electron chi connectivity index (χ2n) is 6.38. The molecule has 9 heteroatoms. The van der Waals surface area contributed by atoms with Gasteiger partial charge in [0.15, 0.2) is 0 Å². The molecule has 1 heterocycles. The number of nitrogens with zero attached hydrogens (tertiary/aromatic N) is 2. The number of hydrogen-bond donors (Lipinski definition) is 3. The molecule has 0 saturated carbocycles. The number of aromatic nitrogens is 1. The first-order chi connectivity index (χ1) is 13.3. The van der Waals surface area contributed by atoms with Gasteiger partial charge in [0.25, 0.3) is 5.69 Å². The van der Waals surface area contributed by atoms with E-state index in [9.17, 15) is 24.8 Å². The van der Waals surface area contributed by atoms with Crippen molar-refractivity contribution in [3.05, 3.63) is 52.6 Å². The summed E-state index contributed by atoms with van der Waals surface area (Å²) in [6, 6.07) is 9.50. The molecule has 0 fully saturated rings.